The number of likely N-dealkylation sites (tertiary alicyclic amines) is 1. The molecular formula is C36H43ClN8O4. The summed E-state index contributed by atoms with van der Waals surface area (Å²) in [5.74, 6) is 3.55. The molecule has 0 radical (unpaired) electrons. The first-order valence-corrected chi connectivity index (χ1v) is 17.6. The Balaban J connectivity index is 1.02. The molecule has 5 aliphatic rings. The molecule has 5 saturated heterocycles. The number of ether oxygens (including phenoxy) is 1. The number of carbonyl (C=O) groups excluding carboxylic acids is 2. The summed E-state index contributed by atoms with van der Waals surface area (Å²) in [6.07, 6.45) is 7.68. The van der Waals surface area contributed by atoms with Gasteiger partial charge in [-0.25, -0.2) is 14.3 Å². The fourth-order valence-corrected chi connectivity index (χ4v) is 8.17. The molecule has 8 rings (SSSR count). The molecule has 49 heavy (non-hydrogen) atoms. The van der Waals surface area contributed by atoms with Crippen LogP contribution in [0.25, 0.3) is 11.4 Å². The summed E-state index contributed by atoms with van der Waals surface area (Å²) in [6.45, 7) is 6.94. The maximum atomic E-state index is 14.1. The van der Waals surface area contributed by atoms with Crippen LogP contribution >= 0.6 is 11.6 Å². The fourth-order valence-electron chi connectivity index (χ4n) is 7.93. The number of nitrogen functional groups attached to an aromatic ring is 1. The topological polar surface area (TPSA) is 133 Å². The second kappa shape index (κ2) is 14.3. The largest absolute Gasteiger partial charge is 0.436 e. The fraction of sp³-hybridized carbons (Fsp3) is 0.500. The van der Waals surface area contributed by atoms with E-state index in [1.165, 1.54) is 30.6 Å². The van der Waals surface area contributed by atoms with Gasteiger partial charge < -0.3 is 25.2 Å². The van der Waals surface area contributed by atoms with E-state index in [9.17, 15) is 14.4 Å². The molecule has 6 heterocycles. The van der Waals surface area contributed by atoms with Crippen molar-refractivity contribution in [1.82, 2.24) is 34.4 Å². The van der Waals surface area contributed by atoms with Crippen LogP contribution < -0.4 is 11.4 Å². The van der Waals surface area contributed by atoms with E-state index < -0.39 is 12.2 Å². The molecule has 5 fully saturated rings. The summed E-state index contributed by atoms with van der Waals surface area (Å²) in [6, 6.07) is 13.2. The van der Waals surface area contributed by atoms with Crippen LogP contribution in [0.1, 0.15) is 42.9 Å². The molecule has 13 heteroatoms. The SMILES string of the molecule is C#Cc1cc(C[C@@H](OC(=O)N2CCC(n3nc(-c4ccccc4)[nH]c3=O)CC2)C(=O)N2CCN(C3CN4CCC3CC4)CC2)cc(Cl)c1N. The molecule has 2 aromatic carbocycles. The number of fused-ring (bicyclic) bond motifs is 3. The Labute approximate surface area is 291 Å². The number of H-pyrrole nitrogens is 1. The molecule has 0 spiro atoms. The van der Waals surface area contributed by atoms with E-state index in [2.05, 4.69) is 25.8 Å². The van der Waals surface area contributed by atoms with Gasteiger partial charge >= 0.3 is 11.8 Å². The van der Waals surface area contributed by atoms with Gasteiger partial charge in [-0.1, -0.05) is 47.9 Å². The van der Waals surface area contributed by atoms with Gasteiger partial charge in [0, 0.05) is 69.4 Å². The number of halogens is 1. The second-order valence-electron chi connectivity index (χ2n) is 13.6. The Hall–Kier alpha value is -4.31. The molecule has 2 atom stereocenters. The second-order valence-corrected chi connectivity index (χ2v) is 14.0. The summed E-state index contributed by atoms with van der Waals surface area (Å²) in [4.78, 5) is 51.8. The first-order chi connectivity index (χ1) is 23.8. The van der Waals surface area contributed by atoms with Crippen molar-refractivity contribution < 1.29 is 14.3 Å². The summed E-state index contributed by atoms with van der Waals surface area (Å²) >= 11 is 6.39. The van der Waals surface area contributed by atoms with Crippen molar-refractivity contribution in [3.63, 3.8) is 0 Å². The highest BCUT2D eigenvalue weighted by Gasteiger charge is 2.40. The number of aromatic nitrogens is 3. The molecule has 5 aliphatic heterocycles. The van der Waals surface area contributed by atoms with Gasteiger partial charge in [-0.15, -0.1) is 11.5 Å². The van der Waals surface area contributed by atoms with Crippen LogP contribution in [0.2, 0.25) is 5.02 Å². The van der Waals surface area contributed by atoms with E-state index in [4.69, 9.17) is 28.5 Å². The number of nitrogens with one attached hydrogen (secondary N) is 1. The smallest absolute Gasteiger partial charge is 0.410 e. The normalized spacial score (nSPS) is 23.6. The van der Waals surface area contributed by atoms with E-state index in [1.807, 2.05) is 35.2 Å². The van der Waals surface area contributed by atoms with Crippen molar-refractivity contribution in [2.75, 3.05) is 64.6 Å². The lowest BCUT2D eigenvalue weighted by molar-refractivity contribution is -0.143. The summed E-state index contributed by atoms with van der Waals surface area (Å²) in [7, 11) is 0. The first kappa shape index (κ1) is 33.2. The Morgan fingerprint density at radius 2 is 1.71 bits per heavy atom. The average molecular weight is 687 g/mol. The minimum Gasteiger partial charge on any atom is -0.436 e. The maximum Gasteiger partial charge on any atom is 0.410 e. The van der Waals surface area contributed by atoms with Crippen molar-refractivity contribution in [2.45, 2.75) is 50.3 Å². The number of piperidine rings is 4. The number of nitrogens with zero attached hydrogens (tertiary/aromatic N) is 6. The standard InChI is InChI=1S/C36H43ClN8O4/c1-2-25-20-24(21-29(37)32(25)38)22-31(34(46)43-18-16-42(17-19-43)30-23-41-12-8-26(30)9-13-41)49-36(48)44-14-10-28(11-15-44)45-35(47)39-33(40-45)27-6-4-3-5-7-27/h1,3-7,20-21,26,28,30-31H,8-19,22-23,38H2,(H,39,40,47)/t30?,31-/m1/s1. The molecule has 0 aliphatic carbocycles. The molecule has 3 aromatic rings. The third kappa shape index (κ3) is 7.06. The highest BCUT2D eigenvalue weighted by atomic mass is 35.5. The van der Waals surface area contributed by atoms with Crippen molar-refractivity contribution in [3.8, 4) is 23.7 Å². The van der Waals surface area contributed by atoms with Crippen molar-refractivity contribution in [1.29, 1.82) is 0 Å². The van der Waals surface area contributed by atoms with Gasteiger partial charge in [-0.2, -0.15) is 0 Å². The van der Waals surface area contributed by atoms with Gasteiger partial charge in [0.05, 0.1) is 16.8 Å². The van der Waals surface area contributed by atoms with Crippen LogP contribution in [-0.2, 0) is 16.0 Å². The zero-order chi connectivity index (χ0) is 34.1. The number of anilines is 1. The average Bonchev–Trinajstić information content (AvgIpc) is 3.54. The number of carbonyl (C=O) groups is 2. The number of piperazine rings is 1. The molecule has 1 aromatic heterocycles. The number of aromatic amines is 1. The van der Waals surface area contributed by atoms with Gasteiger partial charge in [0.15, 0.2) is 11.9 Å². The Morgan fingerprint density at radius 3 is 2.37 bits per heavy atom. The molecule has 1 unspecified atom stereocenters. The summed E-state index contributed by atoms with van der Waals surface area (Å²) in [5.41, 5.74) is 7.99. The summed E-state index contributed by atoms with van der Waals surface area (Å²) in [5, 5.41) is 4.83. The van der Waals surface area contributed by atoms with E-state index in [-0.39, 0.29) is 24.1 Å². The number of amides is 2. The highest BCUT2D eigenvalue weighted by Crippen LogP contribution is 2.32. The van der Waals surface area contributed by atoms with Crippen LogP contribution in [0, 0.1) is 18.3 Å². The Kier molecular flexibility index (Phi) is 9.67. The number of hydrogen-bond donors (Lipinski definition) is 2. The Bertz CT molecular complexity index is 1760. The van der Waals surface area contributed by atoms with Gasteiger partial charge in [0.2, 0.25) is 0 Å². The summed E-state index contributed by atoms with van der Waals surface area (Å²) < 4.78 is 7.49. The van der Waals surface area contributed by atoms with E-state index in [1.54, 1.807) is 17.0 Å². The monoisotopic (exact) mass is 686 g/mol. The van der Waals surface area contributed by atoms with Crippen LogP contribution in [0.15, 0.2) is 47.3 Å². The quantitative estimate of drug-likeness (QED) is 0.286. The van der Waals surface area contributed by atoms with Gasteiger partial charge in [-0.05, 0) is 62.4 Å². The van der Waals surface area contributed by atoms with E-state index in [0.717, 1.165) is 31.1 Å². The molecular weight excluding hydrogens is 644 g/mol. The van der Waals surface area contributed by atoms with Crippen LogP contribution in [0.3, 0.4) is 0 Å². The zero-order valence-electron chi connectivity index (χ0n) is 27.6. The number of benzene rings is 2. The Morgan fingerprint density at radius 1 is 1.00 bits per heavy atom. The molecule has 0 saturated carbocycles. The molecule has 12 nitrogen and oxygen atoms in total. The van der Waals surface area contributed by atoms with E-state index in [0.29, 0.717) is 72.7 Å². The first-order valence-electron chi connectivity index (χ1n) is 17.3. The van der Waals surface area contributed by atoms with Crippen LogP contribution in [0.4, 0.5) is 10.5 Å². The van der Waals surface area contributed by atoms with E-state index >= 15 is 0 Å². The lowest BCUT2D eigenvalue weighted by Gasteiger charge is -2.51. The maximum absolute atomic E-state index is 14.1. The molecule has 2 amide bonds. The van der Waals surface area contributed by atoms with Crippen molar-refractivity contribution >= 4 is 29.3 Å². The number of terminal acetylenes is 1. The van der Waals surface area contributed by atoms with Crippen LogP contribution in [-0.4, -0.2) is 117 Å². The van der Waals surface area contributed by atoms with Crippen molar-refractivity contribution in [2.24, 2.45) is 5.92 Å². The van der Waals surface area contributed by atoms with Gasteiger partial charge in [-0.3, -0.25) is 14.7 Å². The third-order valence-electron chi connectivity index (χ3n) is 10.8. The van der Waals surface area contributed by atoms with Crippen LogP contribution in [0.5, 0.6) is 0 Å². The predicted octanol–water partition coefficient (Wildman–Crippen LogP) is 3.08. The third-order valence-corrected chi connectivity index (χ3v) is 11.1. The number of rotatable bonds is 7. The van der Waals surface area contributed by atoms with Crippen molar-refractivity contribution in [3.05, 3.63) is 69.1 Å². The lowest BCUT2D eigenvalue weighted by Crippen LogP contribution is -2.62. The minimum atomic E-state index is -1.07. The van der Waals surface area contributed by atoms with Gasteiger partial charge in [0.1, 0.15) is 0 Å². The molecule has 2 bridgehead atoms. The lowest BCUT2D eigenvalue weighted by atomic mass is 9.83. The number of hydrogen-bond acceptors (Lipinski definition) is 8. The zero-order valence-corrected chi connectivity index (χ0v) is 28.4. The molecule has 258 valence electrons. The van der Waals surface area contributed by atoms with Gasteiger partial charge in [0.25, 0.3) is 5.91 Å². The molecule has 3 N–H and O–H groups in total. The predicted molar refractivity (Wildman–Crippen MR) is 187 cm³/mol. The minimum absolute atomic E-state index is 0.112. The highest BCUT2D eigenvalue weighted by molar-refractivity contribution is 6.33. The number of nitrogens with two attached hydrogens (primary N) is 1.